The van der Waals surface area contributed by atoms with E-state index in [1.807, 2.05) is 24.3 Å². The molecule has 286 valence electrons. The highest BCUT2D eigenvalue weighted by Crippen LogP contribution is 2.36. The Morgan fingerprint density at radius 1 is 0.981 bits per heavy atom. The summed E-state index contributed by atoms with van der Waals surface area (Å²) in [4.78, 5) is 17.9. The van der Waals surface area contributed by atoms with E-state index in [1.165, 1.54) is 6.20 Å². The van der Waals surface area contributed by atoms with Crippen molar-refractivity contribution in [2.24, 2.45) is 0 Å². The van der Waals surface area contributed by atoms with Crippen LogP contribution < -0.4 is 24.8 Å². The number of pyridine rings is 1. The molecular formula is C42H50ClN5O6. The number of carbonyl (C=O) groups excluding carboxylic acids is 1. The van der Waals surface area contributed by atoms with Crippen molar-refractivity contribution in [2.45, 2.75) is 71.9 Å². The van der Waals surface area contributed by atoms with Gasteiger partial charge in [-0.1, -0.05) is 41.9 Å². The quantitative estimate of drug-likeness (QED) is 0.0911. The van der Waals surface area contributed by atoms with Gasteiger partial charge in [-0.05, 0) is 79.6 Å². The Hall–Kier alpha value is -4.70. The molecule has 0 radical (unpaired) electrons. The number of likely N-dealkylation sites (tertiary alicyclic amines) is 1. The van der Waals surface area contributed by atoms with Crippen LogP contribution in [0.2, 0.25) is 5.02 Å². The molecule has 0 aliphatic carbocycles. The summed E-state index contributed by atoms with van der Waals surface area (Å²) in [6.07, 6.45) is 5.01. The van der Waals surface area contributed by atoms with Crippen molar-refractivity contribution in [3.63, 3.8) is 0 Å². The highest BCUT2D eigenvalue weighted by Gasteiger charge is 2.24. The van der Waals surface area contributed by atoms with Gasteiger partial charge >= 0.3 is 0 Å². The number of halogens is 1. The highest BCUT2D eigenvalue weighted by molar-refractivity contribution is 6.32. The lowest BCUT2D eigenvalue weighted by Gasteiger charge is -2.27. The zero-order valence-electron chi connectivity index (χ0n) is 31.5. The molecule has 5 rings (SSSR count). The van der Waals surface area contributed by atoms with Crippen molar-refractivity contribution >= 4 is 17.5 Å². The maximum atomic E-state index is 11.4. The van der Waals surface area contributed by atoms with Gasteiger partial charge in [0.15, 0.2) is 0 Å². The molecule has 4 N–H and O–H groups in total. The van der Waals surface area contributed by atoms with E-state index in [9.17, 15) is 20.3 Å². The lowest BCUT2D eigenvalue weighted by Crippen LogP contribution is -2.48. The number of rotatable bonds is 18. The van der Waals surface area contributed by atoms with Gasteiger partial charge in [0.2, 0.25) is 5.91 Å². The smallest absolute Gasteiger partial charge is 0.217 e. The molecule has 0 bridgehead atoms. The van der Waals surface area contributed by atoms with Crippen LogP contribution in [0, 0.1) is 25.2 Å². The lowest BCUT2D eigenvalue weighted by molar-refractivity contribution is -0.119. The van der Waals surface area contributed by atoms with E-state index in [0.717, 1.165) is 71.6 Å². The highest BCUT2D eigenvalue weighted by atomic mass is 35.5. The third-order valence-corrected chi connectivity index (χ3v) is 10.1. The van der Waals surface area contributed by atoms with Gasteiger partial charge in [-0.25, -0.2) is 0 Å². The van der Waals surface area contributed by atoms with Crippen LogP contribution in [0.15, 0.2) is 67.0 Å². The molecule has 1 amide bonds. The Morgan fingerprint density at radius 3 is 2.46 bits per heavy atom. The topological polar surface area (TPSA) is 149 Å². The third-order valence-electron chi connectivity index (χ3n) is 9.80. The first-order chi connectivity index (χ1) is 26.0. The fourth-order valence-electron chi connectivity index (χ4n) is 6.48. The standard InChI is InChI=1S/C42H50ClN5O6/c1-28-33(8-5-9-36(28)37-10-6-11-39(29(37)2)52-15-7-13-48-14-12-35(23-48)47-30(3)51)25-54-41-18-40(53-24-32-16-31(19-44)20-45-21-32)34(17-38(41)43)22-46-42(4,26-49)27-50/h5-6,8-11,16-18,20-21,35,46,49-50H,7,12-15,22-27H2,1-4H3,(H,47,51). The van der Waals surface area contributed by atoms with Crippen LogP contribution in [0.25, 0.3) is 11.1 Å². The van der Waals surface area contributed by atoms with Crippen molar-refractivity contribution in [3.8, 4) is 34.4 Å². The van der Waals surface area contributed by atoms with Crippen LogP contribution in [0.5, 0.6) is 17.2 Å². The number of amides is 1. The Bertz CT molecular complexity index is 1950. The van der Waals surface area contributed by atoms with Gasteiger partial charge in [-0.2, -0.15) is 5.26 Å². The molecule has 1 aliphatic heterocycles. The summed E-state index contributed by atoms with van der Waals surface area (Å²) in [5.41, 5.74) is 6.24. The number of nitrogens with one attached hydrogen (secondary N) is 2. The van der Waals surface area contributed by atoms with E-state index in [2.05, 4.69) is 52.6 Å². The summed E-state index contributed by atoms with van der Waals surface area (Å²) in [6.45, 7) is 11.0. The number of nitriles is 1. The number of hydrogen-bond acceptors (Lipinski definition) is 10. The number of nitrogens with zero attached hydrogens (tertiary/aromatic N) is 3. The zero-order valence-corrected chi connectivity index (χ0v) is 32.2. The van der Waals surface area contributed by atoms with Gasteiger partial charge in [0, 0.05) is 68.7 Å². The van der Waals surface area contributed by atoms with Crippen LogP contribution >= 0.6 is 11.6 Å². The monoisotopic (exact) mass is 755 g/mol. The molecule has 1 saturated heterocycles. The minimum atomic E-state index is -0.912. The number of hydrogen-bond donors (Lipinski definition) is 4. The minimum absolute atomic E-state index is 0.0239. The maximum absolute atomic E-state index is 11.4. The lowest BCUT2D eigenvalue weighted by atomic mass is 9.93. The summed E-state index contributed by atoms with van der Waals surface area (Å²) in [6, 6.07) is 19.8. The van der Waals surface area contributed by atoms with Crippen molar-refractivity contribution < 1.29 is 29.2 Å². The van der Waals surface area contributed by atoms with E-state index >= 15 is 0 Å². The number of benzene rings is 3. The van der Waals surface area contributed by atoms with E-state index in [4.69, 9.17) is 25.8 Å². The van der Waals surface area contributed by atoms with Crippen molar-refractivity contribution in [1.82, 2.24) is 20.5 Å². The average Bonchev–Trinajstić information content (AvgIpc) is 3.62. The summed E-state index contributed by atoms with van der Waals surface area (Å²) in [5.74, 6) is 1.81. The number of aromatic nitrogens is 1. The van der Waals surface area contributed by atoms with Crippen molar-refractivity contribution in [1.29, 1.82) is 5.26 Å². The summed E-state index contributed by atoms with van der Waals surface area (Å²) in [5, 5.41) is 35.5. The first-order valence-electron chi connectivity index (χ1n) is 18.2. The van der Waals surface area contributed by atoms with Crippen molar-refractivity contribution in [2.75, 3.05) is 39.5 Å². The van der Waals surface area contributed by atoms with Gasteiger partial charge in [0.25, 0.3) is 0 Å². The Balaban J connectivity index is 1.27. The number of ether oxygens (including phenoxy) is 3. The first-order valence-corrected chi connectivity index (χ1v) is 18.6. The van der Waals surface area contributed by atoms with Gasteiger partial charge < -0.3 is 40.0 Å². The van der Waals surface area contributed by atoms with Crippen LogP contribution in [0.4, 0.5) is 0 Å². The molecule has 0 spiro atoms. The van der Waals surface area contributed by atoms with Gasteiger partial charge in [0.1, 0.15) is 36.5 Å². The molecule has 0 saturated carbocycles. The number of aliphatic hydroxyl groups is 2. The number of carbonyl (C=O) groups is 1. The van der Waals surface area contributed by atoms with Gasteiger partial charge in [0.05, 0.1) is 35.9 Å². The van der Waals surface area contributed by atoms with E-state index in [1.54, 1.807) is 38.2 Å². The molecular weight excluding hydrogens is 706 g/mol. The summed E-state index contributed by atoms with van der Waals surface area (Å²) >= 11 is 6.78. The van der Waals surface area contributed by atoms with E-state index in [0.29, 0.717) is 34.3 Å². The molecule has 1 fully saturated rings. The average molecular weight is 756 g/mol. The second-order valence-electron chi connectivity index (χ2n) is 14.1. The van der Waals surface area contributed by atoms with Gasteiger partial charge in [-0.3, -0.25) is 9.78 Å². The Morgan fingerprint density at radius 2 is 1.72 bits per heavy atom. The normalized spacial score (nSPS) is 14.4. The fraction of sp³-hybridized carbons (Fsp3) is 0.405. The SMILES string of the molecule is CC(=O)NC1CCN(CCCOc2cccc(-c3cccc(COc4cc(OCc5cncc(C#N)c5)c(CNC(C)(CO)CO)cc4Cl)c3C)c2C)C1. The van der Waals surface area contributed by atoms with Crippen LogP contribution in [0.1, 0.15) is 60.1 Å². The maximum Gasteiger partial charge on any atom is 0.217 e. The molecule has 54 heavy (non-hydrogen) atoms. The van der Waals surface area contributed by atoms with Crippen molar-refractivity contribution in [3.05, 3.63) is 105 Å². The molecule has 2 heterocycles. The molecule has 4 aromatic rings. The largest absolute Gasteiger partial charge is 0.493 e. The second-order valence-corrected chi connectivity index (χ2v) is 14.5. The van der Waals surface area contributed by atoms with E-state index < -0.39 is 5.54 Å². The number of aliphatic hydroxyl groups excluding tert-OH is 2. The minimum Gasteiger partial charge on any atom is -0.493 e. The first kappa shape index (κ1) is 40.5. The fourth-order valence-corrected chi connectivity index (χ4v) is 6.72. The molecule has 1 aromatic heterocycles. The molecule has 1 aliphatic rings. The molecule has 1 unspecified atom stereocenters. The Kier molecular flexibility index (Phi) is 14.3. The molecule has 3 aromatic carbocycles. The summed E-state index contributed by atoms with van der Waals surface area (Å²) < 4.78 is 18.8. The summed E-state index contributed by atoms with van der Waals surface area (Å²) in [7, 11) is 0. The predicted molar refractivity (Wildman–Crippen MR) is 209 cm³/mol. The molecule has 12 heteroatoms. The molecule has 1 atom stereocenters. The third kappa shape index (κ3) is 10.7. The van der Waals surface area contributed by atoms with Crippen LogP contribution in [-0.4, -0.2) is 77.0 Å². The van der Waals surface area contributed by atoms with Crippen LogP contribution in [0.3, 0.4) is 0 Å². The van der Waals surface area contributed by atoms with Crippen LogP contribution in [-0.2, 0) is 24.6 Å². The zero-order chi connectivity index (χ0) is 38.7. The van der Waals surface area contributed by atoms with E-state index in [-0.39, 0.29) is 44.9 Å². The second kappa shape index (κ2) is 19.1. The predicted octanol–water partition coefficient (Wildman–Crippen LogP) is 5.86. The molecule has 11 nitrogen and oxygen atoms in total. The van der Waals surface area contributed by atoms with Gasteiger partial charge in [-0.15, -0.1) is 0 Å². The Labute approximate surface area is 322 Å².